The number of nitrogens with zero attached hydrogens (tertiary/aromatic N) is 5. The van der Waals surface area contributed by atoms with E-state index in [0.29, 0.717) is 26.2 Å². The quantitative estimate of drug-likeness (QED) is 0.403. The summed E-state index contributed by atoms with van der Waals surface area (Å²) in [7, 11) is 4.68. The summed E-state index contributed by atoms with van der Waals surface area (Å²) in [4.78, 5) is 47.6. The van der Waals surface area contributed by atoms with Crippen molar-refractivity contribution in [2.75, 3.05) is 99.8 Å². The molecule has 0 radical (unpaired) electrons. The number of rotatable bonds is 10. The van der Waals surface area contributed by atoms with Crippen molar-refractivity contribution >= 4 is 17.8 Å². The highest BCUT2D eigenvalue weighted by atomic mass is 16.5. The number of likely N-dealkylation sites (N-methyl/N-ethyl adjacent to an activating group) is 2. The van der Waals surface area contributed by atoms with Crippen molar-refractivity contribution in [1.29, 1.82) is 0 Å². The van der Waals surface area contributed by atoms with Crippen LogP contribution in [0.3, 0.4) is 0 Å². The summed E-state index contributed by atoms with van der Waals surface area (Å²) in [5.41, 5.74) is 0. The van der Waals surface area contributed by atoms with E-state index in [-0.39, 0.29) is 37.0 Å². The van der Waals surface area contributed by atoms with Gasteiger partial charge in [-0.1, -0.05) is 20.3 Å². The Balaban J connectivity index is 3.03. The van der Waals surface area contributed by atoms with Gasteiger partial charge in [-0.2, -0.15) is 0 Å². The Bertz CT molecular complexity index is 587. The zero-order chi connectivity index (χ0) is 25.5. The largest absolute Gasteiger partial charge is 0.468 e. The van der Waals surface area contributed by atoms with Crippen molar-refractivity contribution < 1.29 is 23.9 Å². The lowest BCUT2D eigenvalue weighted by atomic mass is 10.2. The Morgan fingerprint density at radius 3 is 1.65 bits per heavy atom. The van der Waals surface area contributed by atoms with E-state index in [4.69, 9.17) is 9.47 Å². The molecule has 1 aliphatic rings. The number of carbonyl (C=O) groups excluding carboxylic acids is 3. The first-order valence-electron chi connectivity index (χ1n) is 12.5. The number of ether oxygens (including phenoxy) is 2. The monoisotopic (exact) mass is 485 g/mol. The van der Waals surface area contributed by atoms with Crippen molar-refractivity contribution in [2.45, 2.75) is 39.7 Å². The van der Waals surface area contributed by atoms with E-state index in [1.54, 1.807) is 0 Å². The minimum absolute atomic E-state index is 0.0942. The molecule has 1 atom stereocenters. The number of esters is 2. The lowest BCUT2D eigenvalue weighted by Gasteiger charge is -2.36. The summed E-state index contributed by atoms with van der Waals surface area (Å²) in [5, 5.41) is 0. The van der Waals surface area contributed by atoms with Crippen LogP contribution in [0.4, 0.5) is 0 Å². The maximum absolute atomic E-state index is 13.1. The molecule has 1 amide bonds. The van der Waals surface area contributed by atoms with Crippen LogP contribution in [-0.2, 0) is 23.9 Å². The fourth-order valence-corrected chi connectivity index (χ4v) is 4.05. The van der Waals surface area contributed by atoms with Gasteiger partial charge in [0, 0.05) is 66.0 Å². The second-order valence-corrected chi connectivity index (χ2v) is 8.96. The van der Waals surface area contributed by atoms with Crippen molar-refractivity contribution in [3.05, 3.63) is 0 Å². The minimum atomic E-state index is -0.295. The number of hydrogen-bond donors (Lipinski definition) is 0. The van der Waals surface area contributed by atoms with Crippen LogP contribution in [-0.4, -0.2) is 148 Å². The fourth-order valence-electron chi connectivity index (χ4n) is 4.05. The van der Waals surface area contributed by atoms with Crippen LogP contribution in [0.2, 0.25) is 0 Å². The van der Waals surface area contributed by atoms with Crippen LogP contribution in [0.25, 0.3) is 0 Å². The van der Waals surface area contributed by atoms with Crippen LogP contribution in [0.5, 0.6) is 0 Å². The Labute approximate surface area is 206 Å². The number of methoxy groups -OCH3 is 2. The molecule has 0 spiro atoms. The molecule has 1 rings (SSSR count). The van der Waals surface area contributed by atoms with Crippen LogP contribution < -0.4 is 0 Å². The predicted octanol–water partition coefficient (Wildman–Crippen LogP) is 0.221. The second kappa shape index (κ2) is 16.8. The van der Waals surface area contributed by atoms with E-state index in [1.165, 1.54) is 14.2 Å². The summed E-state index contributed by atoms with van der Waals surface area (Å²) >= 11 is 0. The molecule has 1 aliphatic heterocycles. The molecule has 0 aliphatic carbocycles. The maximum Gasteiger partial charge on any atom is 0.319 e. The van der Waals surface area contributed by atoms with Gasteiger partial charge < -0.3 is 19.3 Å². The topological polar surface area (TPSA) is 85.9 Å². The molecule has 1 saturated heterocycles. The van der Waals surface area contributed by atoms with Gasteiger partial charge in [0.1, 0.15) is 0 Å². The van der Waals surface area contributed by atoms with Gasteiger partial charge in [0.2, 0.25) is 5.91 Å². The molecule has 1 heterocycles. The van der Waals surface area contributed by atoms with Crippen LogP contribution >= 0.6 is 0 Å². The fraction of sp³-hybridized carbons (Fsp3) is 0.875. The molecular weight excluding hydrogens is 438 g/mol. The molecule has 10 heteroatoms. The lowest BCUT2D eigenvalue weighted by Crippen LogP contribution is -2.52. The standard InChI is InChI=1S/C24H47N5O5/c1-7-9-10-25(4)24(32)21(3)29-17-15-27(19-22(30)33-5)13-11-26(8-2)12-14-28(16-18-29)20-23(31)34-6/h21H,7-20H2,1-6H3. The van der Waals surface area contributed by atoms with Crippen molar-refractivity contribution in [3.63, 3.8) is 0 Å². The second-order valence-electron chi connectivity index (χ2n) is 8.96. The van der Waals surface area contributed by atoms with Crippen molar-refractivity contribution in [3.8, 4) is 0 Å². The summed E-state index contributed by atoms with van der Waals surface area (Å²) in [6, 6.07) is -0.295. The summed E-state index contributed by atoms with van der Waals surface area (Å²) in [6.45, 7) is 13.9. The Hall–Kier alpha value is -1.75. The van der Waals surface area contributed by atoms with Gasteiger partial charge >= 0.3 is 11.9 Å². The van der Waals surface area contributed by atoms with Gasteiger partial charge in [-0.15, -0.1) is 0 Å². The minimum Gasteiger partial charge on any atom is -0.468 e. The Morgan fingerprint density at radius 2 is 1.24 bits per heavy atom. The van der Waals surface area contributed by atoms with Gasteiger partial charge in [-0.25, -0.2) is 0 Å². The molecule has 0 saturated carbocycles. The molecule has 0 bridgehead atoms. The summed E-state index contributed by atoms with van der Waals surface area (Å²) in [6.07, 6.45) is 2.01. The van der Waals surface area contributed by atoms with Gasteiger partial charge in [-0.05, 0) is 19.9 Å². The van der Waals surface area contributed by atoms with Gasteiger partial charge in [0.05, 0.1) is 33.4 Å². The van der Waals surface area contributed by atoms with E-state index in [0.717, 1.165) is 52.1 Å². The number of unbranched alkanes of at least 4 members (excludes halogenated alkanes) is 1. The van der Waals surface area contributed by atoms with Crippen LogP contribution in [0, 0.1) is 0 Å². The number of amides is 1. The third-order valence-corrected chi connectivity index (χ3v) is 6.61. The van der Waals surface area contributed by atoms with E-state index in [1.807, 2.05) is 18.9 Å². The molecule has 1 unspecified atom stereocenters. The van der Waals surface area contributed by atoms with Crippen LogP contribution in [0.1, 0.15) is 33.6 Å². The SMILES string of the molecule is CCCCN(C)C(=O)C(C)N1CCN(CC(=O)OC)CCN(CC)CCN(CC(=O)OC)CC1. The average Bonchev–Trinajstić information content (AvgIpc) is 2.84. The van der Waals surface area contributed by atoms with E-state index in [9.17, 15) is 14.4 Å². The van der Waals surface area contributed by atoms with E-state index >= 15 is 0 Å². The predicted molar refractivity (Wildman–Crippen MR) is 133 cm³/mol. The summed E-state index contributed by atoms with van der Waals surface area (Å²) in [5.74, 6) is -0.416. The molecule has 0 N–H and O–H groups in total. The number of carbonyl (C=O) groups is 3. The van der Waals surface area contributed by atoms with Gasteiger partial charge in [0.25, 0.3) is 0 Å². The van der Waals surface area contributed by atoms with E-state index in [2.05, 4.69) is 33.4 Å². The highest BCUT2D eigenvalue weighted by molar-refractivity contribution is 5.81. The normalized spacial score (nSPS) is 19.0. The van der Waals surface area contributed by atoms with E-state index < -0.39 is 0 Å². The first kappa shape index (κ1) is 30.3. The first-order valence-corrected chi connectivity index (χ1v) is 12.5. The molecule has 0 aromatic carbocycles. The lowest BCUT2D eigenvalue weighted by molar-refractivity contribution is -0.142. The average molecular weight is 486 g/mol. The highest BCUT2D eigenvalue weighted by Gasteiger charge is 2.26. The smallest absolute Gasteiger partial charge is 0.319 e. The Morgan fingerprint density at radius 1 is 0.794 bits per heavy atom. The third-order valence-electron chi connectivity index (χ3n) is 6.61. The molecule has 0 aromatic rings. The summed E-state index contributed by atoms with van der Waals surface area (Å²) < 4.78 is 9.81. The molecule has 1 fully saturated rings. The molecular formula is C24H47N5O5. The zero-order valence-electron chi connectivity index (χ0n) is 22.3. The van der Waals surface area contributed by atoms with Gasteiger partial charge in [-0.3, -0.25) is 29.1 Å². The van der Waals surface area contributed by atoms with Crippen molar-refractivity contribution in [1.82, 2.24) is 24.5 Å². The molecule has 10 nitrogen and oxygen atoms in total. The van der Waals surface area contributed by atoms with Gasteiger partial charge in [0.15, 0.2) is 0 Å². The van der Waals surface area contributed by atoms with Crippen LogP contribution in [0.15, 0.2) is 0 Å². The molecule has 0 aromatic heterocycles. The van der Waals surface area contributed by atoms with Crippen molar-refractivity contribution in [2.24, 2.45) is 0 Å². The maximum atomic E-state index is 13.1. The number of hydrogen-bond acceptors (Lipinski definition) is 9. The zero-order valence-corrected chi connectivity index (χ0v) is 22.3. The highest BCUT2D eigenvalue weighted by Crippen LogP contribution is 2.08. The Kier molecular flexibility index (Phi) is 15.0. The molecule has 198 valence electrons. The molecule has 34 heavy (non-hydrogen) atoms. The first-order chi connectivity index (χ1) is 16.2. The third kappa shape index (κ3) is 11.1.